The van der Waals surface area contributed by atoms with Crippen molar-refractivity contribution in [3.8, 4) is 0 Å². The Morgan fingerprint density at radius 2 is 1.39 bits per heavy atom. The van der Waals surface area contributed by atoms with Crippen molar-refractivity contribution < 1.29 is 23.1 Å². The van der Waals surface area contributed by atoms with Gasteiger partial charge in [0.15, 0.2) is 0 Å². The second-order valence-corrected chi connectivity index (χ2v) is 11.1. The Morgan fingerprint density at radius 3 is 1.96 bits per heavy atom. The van der Waals surface area contributed by atoms with Gasteiger partial charge in [0.05, 0.1) is 23.7 Å². The van der Waals surface area contributed by atoms with Crippen LogP contribution >= 0.6 is 0 Å². The molecule has 2 fully saturated rings. The second-order valence-electron chi connectivity index (χ2n) is 8.82. The Balaban J connectivity index is 1.64. The second kappa shape index (κ2) is 12.2. The molecule has 1 N–H and O–H groups in total. The molecule has 0 aromatic rings. The van der Waals surface area contributed by atoms with Crippen molar-refractivity contribution >= 4 is 15.8 Å². The van der Waals surface area contributed by atoms with E-state index in [-0.39, 0.29) is 6.42 Å². The first-order valence-corrected chi connectivity index (χ1v) is 13.3. The van der Waals surface area contributed by atoms with Gasteiger partial charge in [0.2, 0.25) is 0 Å². The fraction of sp³-hybridized carbons (Fsp3) is 0.955. The van der Waals surface area contributed by atoms with Crippen LogP contribution in [-0.4, -0.2) is 43.2 Å². The van der Waals surface area contributed by atoms with Crippen LogP contribution < -0.4 is 0 Å². The first kappa shape index (κ1) is 23.7. The summed E-state index contributed by atoms with van der Waals surface area (Å²) in [7, 11) is -2.88. The highest BCUT2D eigenvalue weighted by molar-refractivity contribution is 7.91. The zero-order valence-electron chi connectivity index (χ0n) is 17.6. The first-order chi connectivity index (χ1) is 13.4. The molecule has 0 aromatic carbocycles. The number of hydrogen-bond acceptors (Lipinski definition) is 4. The molecule has 4 atom stereocenters. The highest BCUT2D eigenvalue weighted by atomic mass is 32.2. The number of ether oxygens (including phenoxy) is 1. The summed E-state index contributed by atoms with van der Waals surface area (Å²) in [4.78, 5) is 10.6. The predicted octanol–water partition coefficient (Wildman–Crippen LogP) is 4.98. The number of fused-ring (bicyclic) bond motifs is 2. The highest BCUT2D eigenvalue weighted by Gasteiger charge is 2.47. The van der Waals surface area contributed by atoms with Crippen LogP contribution in [0.25, 0.3) is 0 Å². The molecule has 164 valence electrons. The number of sulfone groups is 1. The van der Waals surface area contributed by atoms with Gasteiger partial charge in [0.25, 0.3) is 0 Å². The zero-order valence-corrected chi connectivity index (χ0v) is 18.4. The lowest BCUT2D eigenvalue weighted by molar-refractivity contribution is -0.137. The van der Waals surface area contributed by atoms with Gasteiger partial charge in [-0.15, -0.1) is 0 Å². The smallest absolute Gasteiger partial charge is 0.303 e. The molecule has 6 heteroatoms. The molecule has 4 unspecified atom stereocenters. The standard InChI is InChI=1S/C22H40O5S/c1-2-3-9-16-28(25,26)17-10-8-12-19-18(20-14-15-21(19)27-20)11-6-4-5-7-13-22(23)24/h18-21H,2-17H2,1H3,(H,23,24). The summed E-state index contributed by atoms with van der Waals surface area (Å²) in [5, 5.41) is 8.70. The van der Waals surface area contributed by atoms with Gasteiger partial charge in [-0.1, -0.05) is 45.4 Å². The van der Waals surface area contributed by atoms with Crippen LogP contribution in [0.5, 0.6) is 0 Å². The van der Waals surface area contributed by atoms with Gasteiger partial charge in [0.1, 0.15) is 9.84 Å². The van der Waals surface area contributed by atoms with E-state index in [1.807, 2.05) is 0 Å². The molecular formula is C22H40O5S. The average molecular weight is 417 g/mol. The number of unbranched alkanes of at least 4 members (excludes halogenated alkanes) is 6. The highest BCUT2D eigenvalue weighted by Crippen LogP contribution is 2.47. The fourth-order valence-corrected chi connectivity index (χ4v) is 6.55. The molecule has 0 radical (unpaired) electrons. The minimum atomic E-state index is -2.88. The van der Waals surface area contributed by atoms with E-state index >= 15 is 0 Å². The maximum atomic E-state index is 12.1. The Labute approximate surface area is 171 Å². The molecule has 2 rings (SSSR count). The molecular weight excluding hydrogens is 376 g/mol. The average Bonchev–Trinajstić information content (AvgIpc) is 3.23. The monoisotopic (exact) mass is 416 g/mol. The summed E-state index contributed by atoms with van der Waals surface area (Å²) in [5.41, 5.74) is 0. The quantitative estimate of drug-likeness (QED) is 0.359. The van der Waals surface area contributed by atoms with Gasteiger partial charge in [-0.25, -0.2) is 8.42 Å². The number of carbonyl (C=O) groups is 1. The van der Waals surface area contributed by atoms with Crippen molar-refractivity contribution in [3.63, 3.8) is 0 Å². The van der Waals surface area contributed by atoms with E-state index in [9.17, 15) is 13.2 Å². The van der Waals surface area contributed by atoms with Crippen LogP contribution in [0, 0.1) is 11.8 Å². The molecule has 2 aliphatic heterocycles. The first-order valence-electron chi connectivity index (χ1n) is 11.5. The van der Waals surface area contributed by atoms with Crippen LogP contribution in [0.15, 0.2) is 0 Å². The lowest BCUT2D eigenvalue weighted by atomic mass is 9.74. The van der Waals surface area contributed by atoms with E-state index in [2.05, 4.69) is 6.92 Å². The molecule has 28 heavy (non-hydrogen) atoms. The number of carboxylic acids is 1. The molecule has 2 saturated heterocycles. The molecule has 0 amide bonds. The van der Waals surface area contributed by atoms with E-state index in [0.29, 0.717) is 35.5 Å². The van der Waals surface area contributed by atoms with Crippen LogP contribution in [0.3, 0.4) is 0 Å². The van der Waals surface area contributed by atoms with E-state index in [1.165, 1.54) is 19.3 Å². The molecule has 0 aromatic heterocycles. The zero-order chi connectivity index (χ0) is 20.4. The van der Waals surface area contributed by atoms with E-state index in [0.717, 1.165) is 64.2 Å². The van der Waals surface area contributed by atoms with Crippen LogP contribution in [0.4, 0.5) is 0 Å². The maximum absolute atomic E-state index is 12.1. The van der Waals surface area contributed by atoms with Crippen LogP contribution in [-0.2, 0) is 19.4 Å². The minimum Gasteiger partial charge on any atom is -0.481 e. The molecule has 5 nitrogen and oxygen atoms in total. The Morgan fingerprint density at radius 1 is 0.857 bits per heavy atom. The van der Waals surface area contributed by atoms with Crippen molar-refractivity contribution in [2.45, 2.75) is 109 Å². The lowest BCUT2D eigenvalue weighted by Crippen LogP contribution is -2.27. The van der Waals surface area contributed by atoms with Crippen molar-refractivity contribution in [2.75, 3.05) is 11.5 Å². The number of rotatable bonds is 16. The summed E-state index contributed by atoms with van der Waals surface area (Å²) in [6.45, 7) is 2.09. The van der Waals surface area contributed by atoms with E-state index in [1.54, 1.807) is 0 Å². The summed E-state index contributed by atoms with van der Waals surface area (Å²) >= 11 is 0. The summed E-state index contributed by atoms with van der Waals surface area (Å²) < 4.78 is 30.4. The maximum Gasteiger partial charge on any atom is 0.303 e. The van der Waals surface area contributed by atoms with Gasteiger partial charge >= 0.3 is 5.97 Å². The number of aliphatic carboxylic acids is 1. The summed E-state index contributed by atoms with van der Waals surface area (Å²) in [5.74, 6) is 1.21. The van der Waals surface area contributed by atoms with Crippen molar-refractivity contribution in [1.29, 1.82) is 0 Å². The molecule has 2 bridgehead atoms. The third-order valence-electron chi connectivity index (χ3n) is 6.57. The van der Waals surface area contributed by atoms with Gasteiger partial charge in [-0.05, 0) is 56.8 Å². The third kappa shape index (κ3) is 8.02. The lowest BCUT2D eigenvalue weighted by Gasteiger charge is -2.28. The van der Waals surface area contributed by atoms with Crippen molar-refractivity contribution in [2.24, 2.45) is 11.8 Å². The fourth-order valence-electron chi connectivity index (χ4n) is 5.06. The van der Waals surface area contributed by atoms with Gasteiger partial charge < -0.3 is 9.84 Å². The predicted molar refractivity (Wildman–Crippen MR) is 112 cm³/mol. The van der Waals surface area contributed by atoms with Gasteiger partial charge in [-0.2, -0.15) is 0 Å². The van der Waals surface area contributed by atoms with Gasteiger partial charge in [-0.3, -0.25) is 4.79 Å². The SMILES string of the molecule is CCCCCS(=O)(=O)CCCCC1C2CCC(O2)C1CCCCCCC(=O)O. The van der Waals surface area contributed by atoms with Crippen molar-refractivity contribution in [1.82, 2.24) is 0 Å². The summed E-state index contributed by atoms with van der Waals surface area (Å²) in [6.07, 6.45) is 14.3. The molecule has 2 heterocycles. The Bertz CT molecular complexity index is 559. The number of carboxylic acid groups (broad SMARTS) is 1. The topological polar surface area (TPSA) is 80.7 Å². The normalized spacial score (nSPS) is 26.8. The summed E-state index contributed by atoms with van der Waals surface area (Å²) in [6, 6.07) is 0. The minimum absolute atomic E-state index is 0.279. The van der Waals surface area contributed by atoms with E-state index < -0.39 is 15.8 Å². The third-order valence-corrected chi connectivity index (χ3v) is 8.39. The van der Waals surface area contributed by atoms with Crippen molar-refractivity contribution in [3.05, 3.63) is 0 Å². The Kier molecular flexibility index (Phi) is 10.3. The molecule has 0 saturated carbocycles. The largest absolute Gasteiger partial charge is 0.481 e. The van der Waals surface area contributed by atoms with E-state index in [4.69, 9.17) is 9.84 Å². The van der Waals surface area contributed by atoms with Crippen LogP contribution in [0.1, 0.15) is 96.8 Å². The molecule has 2 aliphatic rings. The Hall–Kier alpha value is -0.620. The molecule has 0 spiro atoms. The molecule has 0 aliphatic carbocycles. The van der Waals surface area contributed by atoms with Crippen LogP contribution in [0.2, 0.25) is 0 Å². The number of hydrogen-bond donors (Lipinski definition) is 1. The van der Waals surface area contributed by atoms with Gasteiger partial charge in [0, 0.05) is 6.42 Å².